The summed E-state index contributed by atoms with van der Waals surface area (Å²) in [6.45, 7) is 1.73. The van der Waals surface area contributed by atoms with E-state index in [9.17, 15) is 19.8 Å². The minimum Gasteiger partial charge on any atom is -0.506 e. The molecule has 0 atom stereocenters. The van der Waals surface area contributed by atoms with Crippen LogP contribution in [-0.2, 0) is 0 Å². The second kappa shape index (κ2) is 4.39. The Morgan fingerprint density at radius 3 is 2.35 bits per heavy atom. The van der Waals surface area contributed by atoms with Crippen LogP contribution in [0.15, 0.2) is 36.7 Å². The molecule has 0 saturated carbocycles. The third-order valence-electron chi connectivity index (χ3n) is 4.25. The molecule has 1 aliphatic rings. The lowest BCUT2D eigenvalue weighted by atomic mass is 9.80. The van der Waals surface area contributed by atoms with Gasteiger partial charge in [0, 0.05) is 34.3 Å². The minimum atomic E-state index is -0.468. The molecule has 1 aromatic heterocycles. The Bertz CT molecular complexity index is 1040. The lowest BCUT2D eigenvalue weighted by Crippen LogP contribution is -2.22. The molecule has 0 radical (unpaired) electrons. The maximum absolute atomic E-state index is 12.8. The Morgan fingerprint density at radius 2 is 1.57 bits per heavy atom. The zero-order valence-electron chi connectivity index (χ0n) is 12.1. The first-order valence-corrected chi connectivity index (χ1v) is 7.03. The first-order valence-electron chi connectivity index (χ1n) is 7.03. The maximum atomic E-state index is 12.8. The second-order valence-electron chi connectivity index (χ2n) is 5.52. The number of carbonyl (C=O) groups is 2. The normalized spacial score (nSPS) is 13.1. The van der Waals surface area contributed by atoms with Crippen LogP contribution in [0.5, 0.6) is 11.5 Å². The van der Waals surface area contributed by atoms with E-state index >= 15 is 0 Å². The van der Waals surface area contributed by atoms with Crippen molar-refractivity contribution >= 4 is 22.3 Å². The third kappa shape index (κ3) is 1.59. The quantitative estimate of drug-likeness (QED) is 0.488. The van der Waals surface area contributed by atoms with Crippen LogP contribution in [-0.4, -0.2) is 26.8 Å². The average Bonchev–Trinajstić information content (AvgIpc) is 2.55. The van der Waals surface area contributed by atoms with Gasteiger partial charge in [0.2, 0.25) is 0 Å². The van der Waals surface area contributed by atoms with E-state index in [1.54, 1.807) is 25.1 Å². The van der Waals surface area contributed by atoms with Gasteiger partial charge in [0.25, 0.3) is 0 Å². The van der Waals surface area contributed by atoms with E-state index in [0.717, 1.165) is 0 Å². The van der Waals surface area contributed by atoms with Crippen LogP contribution in [0.1, 0.15) is 37.4 Å². The van der Waals surface area contributed by atoms with Crippen LogP contribution < -0.4 is 0 Å². The SMILES string of the molecule is Cc1cccc2c1C(=O)c1c(c(O)c3ccncc3c1O)C2=O. The number of aryl methyl sites for hydroxylation is 1. The van der Waals surface area contributed by atoms with E-state index in [2.05, 4.69) is 4.98 Å². The zero-order valence-corrected chi connectivity index (χ0v) is 12.1. The number of aromatic hydroxyl groups is 2. The van der Waals surface area contributed by atoms with E-state index < -0.39 is 11.6 Å². The topological polar surface area (TPSA) is 87.5 Å². The van der Waals surface area contributed by atoms with Crippen molar-refractivity contribution < 1.29 is 19.8 Å². The summed E-state index contributed by atoms with van der Waals surface area (Å²) in [5.41, 5.74) is 0.851. The van der Waals surface area contributed by atoms with Crippen LogP contribution in [0.4, 0.5) is 0 Å². The fourth-order valence-corrected chi connectivity index (χ4v) is 3.16. The highest BCUT2D eigenvalue weighted by atomic mass is 16.3. The van der Waals surface area contributed by atoms with Gasteiger partial charge in [-0.15, -0.1) is 0 Å². The molecule has 0 unspecified atom stereocenters. The highest BCUT2D eigenvalue weighted by Crippen LogP contribution is 2.44. The van der Waals surface area contributed by atoms with Crippen LogP contribution in [0.3, 0.4) is 0 Å². The molecule has 4 rings (SSSR count). The number of phenols is 2. The van der Waals surface area contributed by atoms with Gasteiger partial charge >= 0.3 is 0 Å². The monoisotopic (exact) mass is 305 g/mol. The molecule has 0 amide bonds. The number of benzene rings is 2. The number of rotatable bonds is 0. The molecule has 2 N–H and O–H groups in total. The van der Waals surface area contributed by atoms with Gasteiger partial charge in [-0.3, -0.25) is 14.6 Å². The van der Waals surface area contributed by atoms with Gasteiger partial charge < -0.3 is 10.2 Å². The van der Waals surface area contributed by atoms with Gasteiger partial charge in [-0.25, -0.2) is 0 Å². The van der Waals surface area contributed by atoms with Crippen LogP contribution in [0, 0.1) is 6.92 Å². The Kier molecular flexibility index (Phi) is 2.57. The van der Waals surface area contributed by atoms with E-state index in [1.807, 2.05) is 0 Å². The second-order valence-corrected chi connectivity index (χ2v) is 5.52. The lowest BCUT2D eigenvalue weighted by Gasteiger charge is -2.22. The largest absolute Gasteiger partial charge is 0.506 e. The molecule has 0 bridgehead atoms. The van der Waals surface area contributed by atoms with Gasteiger partial charge in [0.15, 0.2) is 11.6 Å². The number of phenolic OH excluding ortho intramolecular Hbond substituents is 2. The molecular formula is C18H11NO4. The van der Waals surface area contributed by atoms with Gasteiger partial charge in [0.1, 0.15) is 11.5 Å². The lowest BCUT2D eigenvalue weighted by molar-refractivity contribution is 0.0974. The molecule has 0 saturated heterocycles. The number of aromatic nitrogens is 1. The summed E-state index contributed by atoms with van der Waals surface area (Å²) in [5.74, 6) is -1.56. The number of carbonyl (C=O) groups excluding carboxylic acids is 2. The predicted molar refractivity (Wildman–Crippen MR) is 83.1 cm³/mol. The molecular weight excluding hydrogens is 294 g/mol. The summed E-state index contributed by atoms with van der Waals surface area (Å²) < 4.78 is 0. The maximum Gasteiger partial charge on any atom is 0.198 e. The highest BCUT2D eigenvalue weighted by molar-refractivity contribution is 6.32. The van der Waals surface area contributed by atoms with E-state index in [1.165, 1.54) is 18.5 Å². The standard InChI is InChI=1S/C18H11NO4/c1-8-3-2-4-10-12(8)18(23)14-13(16(10)21)15(20)9-5-6-19-7-11(9)17(14)22/h2-7,20,22H,1H3. The Balaban J connectivity index is 2.20. The van der Waals surface area contributed by atoms with E-state index in [0.29, 0.717) is 5.56 Å². The summed E-state index contributed by atoms with van der Waals surface area (Å²) in [7, 11) is 0. The van der Waals surface area contributed by atoms with Gasteiger partial charge in [-0.05, 0) is 18.6 Å². The van der Waals surface area contributed by atoms with Crippen molar-refractivity contribution in [2.45, 2.75) is 6.92 Å². The Labute approximate surface area is 130 Å². The van der Waals surface area contributed by atoms with Crippen LogP contribution in [0.25, 0.3) is 10.8 Å². The molecule has 112 valence electrons. The molecule has 0 aliphatic heterocycles. The summed E-state index contributed by atoms with van der Waals surface area (Å²) in [5, 5.41) is 21.5. The Morgan fingerprint density at radius 1 is 0.870 bits per heavy atom. The summed E-state index contributed by atoms with van der Waals surface area (Å²) >= 11 is 0. The van der Waals surface area contributed by atoms with Gasteiger partial charge in [-0.1, -0.05) is 18.2 Å². The molecule has 23 heavy (non-hydrogen) atoms. The fraction of sp³-hybridized carbons (Fsp3) is 0.0556. The number of hydrogen-bond acceptors (Lipinski definition) is 5. The van der Waals surface area contributed by atoms with Crippen molar-refractivity contribution in [2.24, 2.45) is 0 Å². The fourth-order valence-electron chi connectivity index (χ4n) is 3.16. The molecule has 3 aromatic rings. The summed E-state index contributed by atoms with van der Waals surface area (Å²) in [6, 6.07) is 6.47. The number of ketones is 2. The van der Waals surface area contributed by atoms with E-state index in [-0.39, 0.29) is 44.5 Å². The molecule has 5 heteroatoms. The Hall–Kier alpha value is -3.21. The van der Waals surface area contributed by atoms with Crippen molar-refractivity contribution in [2.75, 3.05) is 0 Å². The molecule has 2 aromatic carbocycles. The number of hydrogen-bond donors (Lipinski definition) is 2. The third-order valence-corrected chi connectivity index (χ3v) is 4.25. The van der Waals surface area contributed by atoms with Gasteiger partial charge in [0.05, 0.1) is 11.1 Å². The van der Waals surface area contributed by atoms with Crippen molar-refractivity contribution in [1.29, 1.82) is 0 Å². The van der Waals surface area contributed by atoms with Crippen molar-refractivity contribution in [3.63, 3.8) is 0 Å². The number of pyridine rings is 1. The van der Waals surface area contributed by atoms with Gasteiger partial charge in [-0.2, -0.15) is 0 Å². The van der Waals surface area contributed by atoms with E-state index in [4.69, 9.17) is 0 Å². The summed E-state index contributed by atoms with van der Waals surface area (Å²) in [4.78, 5) is 29.5. The minimum absolute atomic E-state index is 0.149. The van der Waals surface area contributed by atoms with Crippen LogP contribution >= 0.6 is 0 Å². The van der Waals surface area contributed by atoms with Crippen molar-refractivity contribution in [1.82, 2.24) is 4.98 Å². The smallest absolute Gasteiger partial charge is 0.198 e. The molecule has 0 fully saturated rings. The molecule has 1 aliphatic carbocycles. The predicted octanol–water partition coefficient (Wildman–Crippen LogP) is 2.73. The first-order chi connectivity index (χ1) is 11.0. The number of nitrogens with zero attached hydrogens (tertiary/aromatic N) is 1. The summed E-state index contributed by atoms with van der Waals surface area (Å²) in [6.07, 6.45) is 2.80. The first kappa shape index (κ1) is 13.5. The zero-order chi connectivity index (χ0) is 16.3. The highest BCUT2D eigenvalue weighted by Gasteiger charge is 2.36. The van der Waals surface area contributed by atoms with Crippen LogP contribution in [0.2, 0.25) is 0 Å². The molecule has 0 spiro atoms. The molecule has 1 heterocycles. The number of fused-ring (bicyclic) bond motifs is 3. The average molecular weight is 305 g/mol. The van der Waals surface area contributed by atoms with Crippen molar-refractivity contribution in [3.8, 4) is 11.5 Å². The molecule has 5 nitrogen and oxygen atoms in total. The van der Waals surface area contributed by atoms with Crippen molar-refractivity contribution in [3.05, 3.63) is 64.5 Å².